The van der Waals surface area contributed by atoms with Gasteiger partial charge in [0.2, 0.25) is 0 Å². The third-order valence-corrected chi connectivity index (χ3v) is 3.95. The Hall–Kier alpha value is -1.98. The highest BCUT2D eigenvalue weighted by Gasteiger charge is 2.19. The SMILES string of the molecule is Cc1nnc(C(N)c2cccs2)n1-c1ccccc1. The van der Waals surface area contributed by atoms with E-state index in [2.05, 4.69) is 10.2 Å². The summed E-state index contributed by atoms with van der Waals surface area (Å²) in [4.78, 5) is 1.09. The summed E-state index contributed by atoms with van der Waals surface area (Å²) in [6, 6.07) is 13.8. The Morgan fingerprint density at radius 2 is 1.89 bits per heavy atom. The zero-order valence-electron chi connectivity index (χ0n) is 10.5. The van der Waals surface area contributed by atoms with E-state index in [1.165, 1.54) is 0 Å². The number of aromatic nitrogens is 3. The zero-order valence-corrected chi connectivity index (χ0v) is 11.3. The van der Waals surface area contributed by atoms with Gasteiger partial charge in [-0.2, -0.15) is 0 Å². The summed E-state index contributed by atoms with van der Waals surface area (Å²) in [5, 5.41) is 10.4. The highest BCUT2D eigenvalue weighted by atomic mass is 32.1. The smallest absolute Gasteiger partial charge is 0.160 e. The van der Waals surface area contributed by atoms with Gasteiger partial charge in [-0.3, -0.25) is 4.57 Å². The molecule has 1 atom stereocenters. The molecule has 96 valence electrons. The third kappa shape index (κ3) is 2.18. The number of para-hydroxylation sites is 1. The lowest BCUT2D eigenvalue weighted by atomic mass is 10.2. The van der Waals surface area contributed by atoms with Crippen molar-refractivity contribution in [1.29, 1.82) is 0 Å². The number of nitrogens with two attached hydrogens (primary N) is 1. The first-order valence-electron chi connectivity index (χ1n) is 6.03. The lowest BCUT2D eigenvalue weighted by Gasteiger charge is -2.12. The summed E-state index contributed by atoms with van der Waals surface area (Å²) >= 11 is 1.63. The molecule has 1 aromatic carbocycles. The van der Waals surface area contributed by atoms with Crippen LogP contribution in [0.15, 0.2) is 47.8 Å². The van der Waals surface area contributed by atoms with Gasteiger partial charge in [-0.25, -0.2) is 0 Å². The predicted molar refractivity (Wildman–Crippen MR) is 76.4 cm³/mol. The molecule has 1 unspecified atom stereocenters. The fourth-order valence-corrected chi connectivity index (χ4v) is 2.80. The van der Waals surface area contributed by atoms with Crippen LogP contribution in [0.1, 0.15) is 22.6 Å². The molecule has 0 aliphatic heterocycles. The van der Waals surface area contributed by atoms with E-state index in [1.54, 1.807) is 11.3 Å². The number of hydrogen-bond donors (Lipinski definition) is 1. The van der Waals surface area contributed by atoms with Crippen LogP contribution in [0.3, 0.4) is 0 Å². The third-order valence-electron chi connectivity index (χ3n) is 2.99. The molecule has 2 N–H and O–H groups in total. The standard InChI is InChI=1S/C14H14N4S/c1-10-16-17-14(13(15)12-8-5-9-19-12)18(10)11-6-3-2-4-7-11/h2-9,13H,15H2,1H3. The maximum atomic E-state index is 6.30. The molecule has 0 radical (unpaired) electrons. The predicted octanol–water partition coefficient (Wildman–Crippen LogP) is 2.69. The fraction of sp³-hybridized carbons (Fsp3) is 0.143. The van der Waals surface area contributed by atoms with E-state index in [-0.39, 0.29) is 6.04 Å². The van der Waals surface area contributed by atoms with Crippen molar-refractivity contribution in [3.63, 3.8) is 0 Å². The molecule has 3 rings (SSSR count). The Balaban J connectivity index is 2.09. The molecular weight excluding hydrogens is 256 g/mol. The van der Waals surface area contributed by atoms with Crippen LogP contribution in [0.4, 0.5) is 0 Å². The van der Waals surface area contributed by atoms with Crippen LogP contribution in [0.2, 0.25) is 0 Å². The molecule has 3 aromatic rings. The summed E-state index contributed by atoms with van der Waals surface area (Å²) < 4.78 is 2.00. The van der Waals surface area contributed by atoms with Crippen LogP contribution < -0.4 is 5.73 Å². The molecule has 2 heterocycles. The van der Waals surface area contributed by atoms with Crippen molar-refractivity contribution in [2.75, 3.05) is 0 Å². The molecule has 5 heteroatoms. The first-order chi connectivity index (χ1) is 9.27. The summed E-state index contributed by atoms with van der Waals surface area (Å²) in [5.41, 5.74) is 7.33. The van der Waals surface area contributed by atoms with Crippen molar-refractivity contribution < 1.29 is 0 Å². The highest BCUT2D eigenvalue weighted by molar-refractivity contribution is 7.10. The monoisotopic (exact) mass is 270 g/mol. The van der Waals surface area contributed by atoms with Gasteiger partial charge < -0.3 is 5.73 Å². The number of benzene rings is 1. The van der Waals surface area contributed by atoms with E-state index in [1.807, 2.05) is 59.3 Å². The highest BCUT2D eigenvalue weighted by Crippen LogP contribution is 2.25. The van der Waals surface area contributed by atoms with Gasteiger partial charge in [0.1, 0.15) is 11.9 Å². The zero-order chi connectivity index (χ0) is 13.2. The van der Waals surface area contributed by atoms with Crippen molar-refractivity contribution in [2.24, 2.45) is 5.73 Å². The van der Waals surface area contributed by atoms with E-state index < -0.39 is 0 Å². The van der Waals surface area contributed by atoms with Crippen molar-refractivity contribution in [3.8, 4) is 5.69 Å². The maximum Gasteiger partial charge on any atom is 0.160 e. The normalized spacial score (nSPS) is 12.5. The summed E-state index contributed by atoms with van der Waals surface area (Å²) in [6.45, 7) is 1.94. The van der Waals surface area contributed by atoms with Crippen molar-refractivity contribution in [1.82, 2.24) is 14.8 Å². The van der Waals surface area contributed by atoms with Crippen molar-refractivity contribution in [2.45, 2.75) is 13.0 Å². The first-order valence-corrected chi connectivity index (χ1v) is 6.91. The molecule has 19 heavy (non-hydrogen) atoms. The van der Waals surface area contributed by atoms with Crippen molar-refractivity contribution in [3.05, 3.63) is 64.4 Å². The number of rotatable bonds is 3. The molecule has 0 aliphatic rings. The van der Waals surface area contributed by atoms with E-state index in [0.29, 0.717) is 0 Å². The van der Waals surface area contributed by atoms with Crippen LogP contribution >= 0.6 is 11.3 Å². The Labute approximate surface area is 115 Å². The average molecular weight is 270 g/mol. The fourth-order valence-electron chi connectivity index (χ4n) is 2.07. The molecule has 2 aromatic heterocycles. The number of nitrogens with zero attached hydrogens (tertiary/aromatic N) is 3. The van der Waals surface area contributed by atoms with Crippen LogP contribution in [0.5, 0.6) is 0 Å². The topological polar surface area (TPSA) is 56.7 Å². The molecule has 0 saturated heterocycles. The number of aryl methyl sites for hydroxylation is 1. The van der Waals surface area contributed by atoms with E-state index >= 15 is 0 Å². The molecular formula is C14H14N4S. The van der Waals surface area contributed by atoms with Gasteiger partial charge in [0.15, 0.2) is 5.82 Å². The Bertz CT molecular complexity index is 658. The molecule has 0 bridgehead atoms. The van der Waals surface area contributed by atoms with Gasteiger partial charge in [0, 0.05) is 10.6 Å². The molecule has 4 nitrogen and oxygen atoms in total. The number of thiophene rings is 1. The minimum absolute atomic E-state index is 0.249. The van der Waals surface area contributed by atoms with Crippen LogP contribution in [-0.2, 0) is 0 Å². The second kappa shape index (κ2) is 4.95. The van der Waals surface area contributed by atoms with Crippen LogP contribution in [0.25, 0.3) is 5.69 Å². The minimum atomic E-state index is -0.249. The maximum absolute atomic E-state index is 6.30. The van der Waals surface area contributed by atoms with Gasteiger partial charge in [0.05, 0.1) is 0 Å². The molecule has 0 saturated carbocycles. The van der Waals surface area contributed by atoms with E-state index in [0.717, 1.165) is 22.2 Å². The first kappa shape index (κ1) is 12.1. The molecule has 0 amide bonds. The van der Waals surface area contributed by atoms with Gasteiger partial charge >= 0.3 is 0 Å². The second-order valence-corrected chi connectivity index (χ2v) is 5.25. The van der Waals surface area contributed by atoms with Crippen LogP contribution in [0, 0.1) is 6.92 Å². The van der Waals surface area contributed by atoms with Gasteiger partial charge in [0.25, 0.3) is 0 Å². The summed E-state index contributed by atoms with van der Waals surface area (Å²) in [6.07, 6.45) is 0. The Kier molecular flexibility index (Phi) is 3.15. The molecule has 0 spiro atoms. The average Bonchev–Trinajstić information content (AvgIpc) is 3.08. The summed E-state index contributed by atoms with van der Waals surface area (Å²) in [7, 11) is 0. The van der Waals surface area contributed by atoms with Gasteiger partial charge in [-0.15, -0.1) is 21.5 Å². The second-order valence-electron chi connectivity index (χ2n) is 4.27. The minimum Gasteiger partial charge on any atom is -0.317 e. The van der Waals surface area contributed by atoms with Crippen LogP contribution in [-0.4, -0.2) is 14.8 Å². The van der Waals surface area contributed by atoms with Gasteiger partial charge in [-0.05, 0) is 30.5 Å². The van der Waals surface area contributed by atoms with Gasteiger partial charge in [-0.1, -0.05) is 24.3 Å². The lowest BCUT2D eigenvalue weighted by Crippen LogP contribution is -2.16. The lowest BCUT2D eigenvalue weighted by molar-refractivity contribution is 0.760. The quantitative estimate of drug-likeness (QED) is 0.796. The van der Waals surface area contributed by atoms with E-state index in [9.17, 15) is 0 Å². The largest absolute Gasteiger partial charge is 0.317 e. The summed E-state index contributed by atoms with van der Waals surface area (Å²) in [5.74, 6) is 1.61. The Morgan fingerprint density at radius 1 is 1.11 bits per heavy atom. The number of hydrogen-bond acceptors (Lipinski definition) is 4. The van der Waals surface area contributed by atoms with Crippen molar-refractivity contribution >= 4 is 11.3 Å². The Morgan fingerprint density at radius 3 is 2.58 bits per heavy atom. The van der Waals surface area contributed by atoms with E-state index in [4.69, 9.17) is 5.73 Å². The molecule has 0 fully saturated rings. The molecule has 0 aliphatic carbocycles.